The van der Waals surface area contributed by atoms with Gasteiger partial charge in [0, 0.05) is 20.2 Å². The van der Waals surface area contributed by atoms with Gasteiger partial charge >= 0.3 is 0 Å². The lowest BCUT2D eigenvalue weighted by molar-refractivity contribution is 0.121. The van der Waals surface area contributed by atoms with Crippen molar-refractivity contribution in [1.82, 2.24) is 4.98 Å². The van der Waals surface area contributed by atoms with Gasteiger partial charge in [-0.05, 0) is 37.5 Å². The SMILES string of the molecule is COC1CCN(c2nc3c(C)cc(C)cc3s2)C1. The molecule has 0 amide bonds. The van der Waals surface area contributed by atoms with Crippen LogP contribution >= 0.6 is 11.3 Å². The van der Waals surface area contributed by atoms with Crippen molar-refractivity contribution in [2.75, 3.05) is 25.1 Å². The molecule has 2 heterocycles. The minimum absolute atomic E-state index is 0.361. The first-order valence-electron chi connectivity index (χ1n) is 6.33. The Labute approximate surface area is 111 Å². The number of aromatic nitrogens is 1. The molecule has 96 valence electrons. The van der Waals surface area contributed by atoms with E-state index in [4.69, 9.17) is 9.72 Å². The Balaban J connectivity index is 1.96. The van der Waals surface area contributed by atoms with Crippen molar-refractivity contribution in [3.8, 4) is 0 Å². The Hall–Kier alpha value is -1.13. The number of aryl methyl sites for hydroxylation is 2. The van der Waals surface area contributed by atoms with Crippen LogP contribution in [-0.2, 0) is 4.74 Å². The van der Waals surface area contributed by atoms with Gasteiger partial charge in [-0.25, -0.2) is 4.98 Å². The van der Waals surface area contributed by atoms with Crippen molar-refractivity contribution < 1.29 is 4.74 Å². The molecule has 1 aliphatic heterocycles. The molecule has 0 aliphatic carbocycles. The smallest absolute Gasteiger partial charge is 0.186 e. The second-order valence-electron chi connectivity index (χ2n) is 5.02. The maximum absolute atomic E-state index is 5.41. The fraction of sp³-hybridized carbons (Fsp3) is 0.500. The van der Waals surface area contributed by atoms with Crippen LogP contribution < -0.4 is 4.90 Å². The molecule has 1 fully saturated rings. The third-order valence-electron chi connectivity index (χ3n) is 3.57. The molecular formula is C14H18N2OS. The summed E-state index contributed by atoms with van der Waals surface area (Å²) in [7, 11) is 1.79. The van der Waals surface area contributed by atoms with Crippen LogP contribution in [0.2, 0.25) is 0 Å². The molecule has 1 aromatic heterocycles. The second-order valence-corrected chi connectivity index (χ2v) is 6.03. The highest BCUT2D eigenvalue weighted by Crippen LogP contribution is 2.33. The minimum Gasteiger partial charge on any atom is -0.380 e. The Morgan fingerprint density at radius 3 is 2.94 bits per heavy atom. The van der Waals surface area contributed by atoms with Gasteiger partial charge in [0.15, 0.2) is 5.13 Å². The molecule has 0 spiro atoms. The summed E-state index contributed by atoms with van der Waals surface area (Å²) in [4.78, 5) is 7.13. The summed E-state index contributed by atoms with van der Waals surface area (Å²) >= 11 is 1.79. The summed E-state index contributed by atoms with van der Waals surface area (Å²) in [5.74, 6) is 0. The minimum atomic E-state index is 0.361. The highest BCUT2D eigenvalue weighted by atomic mass is 32.1. The molecule has 0 N–H and O–H groups in total. The van der Waals surface area contributed by atoms with Crippen LogP contribution in [0.1, 0.15) is 17.5 Å². The molecule has 0 saturated carbocycles. The lowest BCUT2D eigenvalue weighted by Crippen LogP contribution is -2.21. The number of benzene rings is 1. The Bertz CT molecular complexity index is 578. The number of hydrogen-bond acceptors (Lipinski definition) is 4. The third-order valence-corrected chi connectivity index (χ3v) is 4.63. The molecule has 1 atom stereocenters. The highest BCUT2D eigenvalue weighted by molar-refractivity contribution is 7.22. The zero-order valence-corrected chi connectivity index (χ0v) is 11.9. The van der Waals surface area contributed by atoms with Gasteiger partial charge in [0.1, 0.15) is 0 Å². The van der Waals surface area contributed by atoms with Crippen LogP contribution in [0.15, 0.2) is 12.1 Å². The summed E-state index contributed by atoms with van der Waals surface area (Å²) in [6.07, 6.45) is 1.46. The predicted octanol–water partition coefficient (Wildman–Crippen LogP) is 3.14. The molecule has 1 unspecified atom stereocenters. The molecule has 3 nitrogen and oxygen atoms in total. The third kappa shape index (κ3) is 1.99. The first kappa shape index (κ1) is 11.9. The van der Waals surface area contributed by atoms with Gasteiger partial charge in [0.05, 0.1) is 16.3 Å². The quantitative estimate of drug-likeness (QED) is 0.831. The number of ether oxygens (including phenoxy) is 1. The topological polar surface area (TPSA) is 25.4 Å². The fourth-order valence-electron chi connectivity index (χ4n) is 2.59. The largest absolute Gasteiger partial charge is 0.380 e. The van der Waals surface area contributed by atoms with Crippen molar-refractivity contribution in [3.05, 3.63) is 23.3 Å². The van der Waals surface area contributed by atoms with Crippen LogP contribution in [0.4, 0.5) is 5.13 Å². The summed E-state index contributed by atoms with van der Waals surface area (Å²) < 4.78 is 6.71. The number of nitrogens with zero attached hydrogens (tertiary/aromatic N) is 2. The van der Waals surface area contributed by atoms with E-state index in [1.165, 1.54) is 15.8 Å². The lowest BCUT2D eigenvalue weighted by atomic mass is 10.1. The van der Waals surface area contributed by atoms with Gasteiger partial charge < -0.3 is 9.64 Å². The number of methoxy groups -OCH3 is 1. The maximum atomic E-state index is 5.41. The first-order chi connectivity index (χ1) is 8.67. The number of hydrogen-bond donors (Lipinski definition) is 0. The normalized spacial score (nSPS) is 19.9. The summed E-state index contributed by atoms with van der Waals surface area (Å²) in [6.45, 7) is 6.30. The van der Waals surface area contributed by atoms with E-state index < -0.39 is 0 Å². The zero-order valence-electron chi connectivity index (χ0n) is 11.1. The van der Waals surface area contributed by atoms with Crippen LogP contribution in [0.3, 0.4) is 0 Å². The summed E-state index contributed by atoms with van der Waals surface area (Å²) in [5, 5.41) is 1.14. The van der Waals surface area contributed by atoms with E-state index in [1.54, 1.807) is 18.4 Å². The summed E-state index contributed by atoms with van der Waals surface area (Å²) in [6, 6.07) is 4.43. The standard InChI is InChI=1S/C14H18N2OS/c1-9-6-10(2)13-12(7-9)18-14(15-13)16-5-4-11(8-16)17-3/h6-7,11H,4-5,8H2,1-3H3. The Morgan fingerprint density at radius 1 is 1.39 bits per heavy atom. The molecule has 18 heavy (non-hydrogen) atoms. The van der Waals surface area contributed by atoms with Gasteiger partial charge in [-0.3, -0.25) is 0 Å². The molecule has 0 radical (unpaired) electrons. The van der Waals surface area contributed by atoms with Crippen molar-refractivity contribution in [3.63, 3.8) is 0 Å². The molecule has 1 aromatic carbocycles. The summed E-state index contributed by atoms with van der Waals surface area (Å²) in [5.41, 5.74) is 3.74. The monoisotopic (exact) mass is 262 g/mol. The molecule has 1 saturated heterocycles. The fourth-order valence-corrected chi connectivity index (χ4v) is 3.77. The van der Waals surface area contributed by atoms with E-state index in [9.17, 15) is 0 Å². The molecule has 0 bridgehead atoms. The molecule has 1 aliphatic rings. The van der Waals surface area contributed by atoms with Crippen molar-refractivity contribution in [1.29, 1.82) is 0 Å². The Kier molecular flexibility index (Phi) is 2.99. The lowest BCUT2D eigenvalue weighted by Gasteiger charge is -2.13. The van der Waals surface area contributed by atoms with Gasteiger partial charge in [-0.2, -0.15) is 0 Å². The van der Waals surface area contributed by atoms with Gasteiger partial charge in [-0.1, -0.05) is 17.4 Å². The first-order valence-corrected chi connectivity index (χ1v) is 7.14. The molecule has 2 aromatic rings. The van der Waals surface area contributed by atoms with Crippen molar-refractivity contribution >= 4 is 26.7 Å². The number of anilines is 1. The van der Waals surface area contributed by atoms with Crippen molar-refractivity contribution in [2.45, 2.75) is 26.4 Å². The van der Waals surface area contributed by atoms with E-state index in [-0.39, 0.29) is 0 Å². The molecule has 3 rings (SSSR count). The van der Waals surface area contributed by atoms with E-state index in [2.05, 4.69) is 30.9 Å². The molecular weight excluding hydrogens is 244 g/mol. The van der Waals surface area contributed by atoms with Crippen LogP contribution in [0.25, 0.3) is 10.2 Å². The van der Waals surface area contributed by atoms with Crippen LogP contribution in [-0.4, -0.2) is 31.3 Å². The molecule has 4 heteroatoms. The van der Waals surface area contributed by atoms with E-state index in [0.717, 1.165) is 30.2 Å². The number of thiazole rings is 1. The average molecular weight is 262 g/mol. The van der Waals surface area contributed by atoms with Crippen molar-refractivity contribution in [2.24, 2.45) is 0 Å². The van der Waals surface area contributed by atoms with E-state index in [1.807, 2.05) is 0 Å². The number of fused-ring (bicyclic) bond motifs is 1. The van der Waals surface area contributed by atoms with Gasteiger partial charge in [-0.15, -0.1) is 0 Å². The average Bonchev–Trinajstić information content (AvgIpc) is 2.93. The van der Waals surface area contributed by atoms with Gasteiger partial charge in [0.2, 0.25) is 0 Å². The van der Waals surface area contributed by atoms with E-state index >= 15 is 0 Å². The zero-order chi connectivity index (χ0) is 12.7. The highest BCUT2D eigenvalue weighted by Gasteiger charge is 2.24. The number of rotatable bonds is 2. The van der Waals surface area contributed by atoms with E-state index in [0.29, 0.717) is 6.10 Å². The van der Waals surface area contributed by atoms with Crippen LogP contribution in [0, 0.1) is 13.8 Å². The second kappa shape index (κ2) is 4.52. The predicted molar refractivity (Wildman–Crippen MR) is 76.7 cm³/mol. The van der Waals surface area contributed by atoms with Gasteiger partial charge in [0.25, 0.3) is 0 Å². The Morgan fingerprint density at radius 2 is 2.22 bits per heavy atom. The maximum Gasteiger partial charge on any atom is 0.186 e. The van der Waals surface area contributed by atoms with Crippen LogP contribution in [0.5, 0.6) is 0 Å².